The summed E-state index contributed by atoms with van der Waals surface area (Å²) >= 11 is 0. The van der Waals surface area contributed by atoms with Crippen LogP contribution in [-0.4, -0.2) is 40.6 Å². The van der Waals surface area contributed by atoms with Gasteiger partial charge in [0.25, 0.3) is 0 Å². The van der Waals surface area contributed by atoms with Crippen LogP contribution >= 0.6 is 0 Å². The Kier molecular flexibility index (Phi) is 5.95. The SMILES string of the molecule is Cc1cc(C)c(NC(=O)CN2CCC(c3nnc(C(C)C)o3)CC2)c(C)c1. The number of likely N-dealkylation sites (tertiary alicyclic amines) is 1. The van der Waals surface area contributed by atoms with Gasteiger partial charge in [-0.05, 0) is 57.8 Å². The van der Waals surface area contributed by atoms with Crippen molar-refractivity contribution in [3.63, 3.8) is 0 Å². The molecule has 1 aromatic carbocycles. The molecule has 0 atom stereocenters. The molecule has 0 aliphatic carbocycles. The van der Waals surface area contributed by atoms with E-state index in [1.807, 2.05) is 13.8 Å². The van der Waals surface area contributed by atoms with Crippen LogP contribution in [0.15, 0.2) is 16.5 Å². The van der Waals surface area contributed by atoms with Gasteiger partial charge in [-0.1, -0.05) is 31.5 Å². The van der Waals surface area contributed by atoms with Gasteiger partial charge < -0.3 is 9.73 Å². The maximum Gasteiger partial charge on any atom is 0.238 e. The Hall–Kier alpha value is -2.21. The maximum atomic E-state index is 12.5. The number of anilines is 1. The van der Waals surface area contributed by atoms with E-state index in [1.165, 1.54) is 5.56 Å². The molecule has 3 rings (SSSR count). The third kappa shape index (κ3) is 4.75. The first-order chi connectivity index (χ1) is 12.8. The fourth-order valence-corrected chi connectivity index (χ4v) is 3.74. The van der Waals surface area contributed by atoms with Crippen LogP contribution in [0.4, 0.5) is 5.69 Å². The van der Waals surface area contributed by atoms with Gasteiger partial charge in [-0.25, -0.2) is 0 Å². The topological polar surface area (TPSA) is 71.3 Å². The van der Waals surface area contributed by atoms with Gasteiger partial charge in [0.15, 0.2) is 0 Å². The van der Waals surface area contributed by atoms with Gasteiger partial charge in [-0.3, -0.25) is 9.69 Å². The van der Waals surface area contributed by atoms with E-state index in [4.69, 9.17) is 4.42 Å². The number of nitrogens with zero attached hydrogens (tertiary/aromatic N) is 3. The molecule has 1 amide bonds. The summed E-state index contributed by atoms with van der Waals surface area (Å²) in [7, 11) is 0. The van der Waals surface area contributed by atoms with Crippen molar-refractivity contribution in [2.75, 3.05) is 25.0 Å². The lowest BCUT2D eigenvalue weighted by Gasteiger charge is -2.29. The molecule has 1 fully saturated rings. The molecule has 0 bridgehead atoms. The van der Waals surface area contributed by atoms with Gasteiger partial charge in [0.1, 0.15) is 0 Å². The van der Waals surface area contributed by atoms with Crippen molar-refractivity contribution in [3.05, 3.63) is 40.6 Å². The average molecular weight is 370 g/mol. The number of carbonyl (C=O) groups excluding carboxylic acids is 1. The van der Waals surface area contributed by atoms with Crippen molar-refractivity contribution in [2.45, 2.75) is 59.3 Å². The van der Waals surface area contributed by atoms with Crippen LogP contribution in [0.3, 0.4) is 0 Å². The van der Waals surface area contributed by atoms with E-state index in [0.29, 0.717) is 18.4 Å². The van der Waals surface area contributed by atoms with E-state index in [0.717, 1.165) is 48.6 Å². The second kappa shape index (κ2) is 8.21. The summed E-state index contributed by atoms with van der Waals surface area (Å²) in [6.07, 6.45) is 1.88. The molecule has 0 radical (unpaired) electrons. The maximum absolute atomic E-state index is 12.5. The quantitative estimate of drug-likeness (QED) is 0.863. The normalized spacial score (nSPS) is 16.1. The average Bonchev–Trinajstić information content (AvgIpc) is 3.09. The molecule has 1 aliphatic rings. The number of amides is 1. The lowest BCUT2D eigenvalue weighted by molar-refractivity contribution is -0.117. The van der Waals surface area contributed by atoms with Crippen LogP contribution in [0, 0.1) is 20.8 Å². The minimum Gasteiger partial charge on any atom is -0.425 e. The van der Waals surface area contributed by atoms with Gasteiger partial charge >= 0.3 is 0 Å². The minimum absolute atomic E-state index is 0.0448. The highest BCUT2D eigenvalue weighted by Crippen LogP contribution is 2.28. The predicted octanol–water partition coefficient (Wildman–Crippen LogP) is 3.94. The summed E-state index contributed by atoms with van der Waals surface area (Å²) in [5.74, 6) is 2.04. The summed E-state index contributed by atoms with van der Waals surface area (Å²) < 4.78 is 5.80. The van der Waals surface area contributed by atoms with E-state index >= 15 is 0 Å². The first-order valence-electron chi connectivity index (χ1n) is 9.77. The Labute approximate surface area is 161 Å². The van der Waals surface area contributed by atoms with E-state index in [-0.39, 0.29) is 11.8 Å². The van der Waals surface area contributed by atoms with Crippen LogP contribution in [0.25, 0.3) is 0 Å². The van der Waals surface area contributed by atoms with Crippen LogP contribution in [0.5, 0.6) is 0 Å². The Morgan fingerprint density at radius 2 is 1.81 bits per heavy atom. The monoisotopic (exact) mass is 370 g/mol. The molecule has 0 saturated carbocycles. The molecule has 1 aromatic heterocycles. The Morgan fingerprint density at radius 1 is 1.19 bits per heavy atom. The number of hydrogen-bond acceptors (Lipinski definition) is 5. The summed E-state index contributed by atoms with van der Waals surface area (Å²) in [5, 5.41) is 11.4. The molecule has 0 spiro atoms. The molecule has 1 aliphatic heterocycles. The third-order valence-corrected chi connectivity index (χ3v) is 5.20. The smallest absolute Gasteiger partial charge is 0.238 e. The Balaban J connectivity index is 1.52. The molecule has 27 heavy (non-hydrogen) atoms. The minimum atomic E-state index is 0.0448. The van der Waals surface area contributed by atoms with Gasteiger partial charge in [-0.15, -0.1) is 10.2 Å². The zero-order chi connectivity index (χ0) is 19.6. The first-order valence-corrected chi connectivity index (χ1v) is 9.77. The summed E-state index contributed by atoms with van der Waals surface area (Å²) in [6.45, 7) is 12.4. The Bertz CT molecular complexity index is 781. The standard InChI is InChI=1S/C21H30N4O2/c1-13(2)20-23-24-21(27-20)17-6-8-25(9-7-17)12-18(26)22-19-15(4)10-14(3)11-16(19)5/h10-11,13,17H,6-9,12H2,1-5H3,(H,22,26). The zero-order valence-corrected chi connectivity index (χ0v) is 17.0. The number of hydrogen-bond donors (Lipinski definition) is 1. The highest BCUT2D eigenvalue weighted by Gasteiger charge is 2.26. The van der Waals surface area contributed by atoms with E-state index in [2.05, 4.69) is 53.3 Å². The van der Waals surface area contributed by atoms with Crippen molar-refractivity contribution < 1.29 is 9.21 Å². The van der Waals surface area contributed by atoms with Gasteiger partial charge in [0.05, 0.1) is 6.54 Å². The van der Waals surface area contributed by atoms with Crippen LogP contribution in [0.2, 0.25) is 0 Å². The van der Waals surface area contributed by atoms with Crippen molar-refractivity contribution >= 4 is 11.6 Å². The fourth-order valence-electron chi connectivity index (χ4n) is 3.74. The number of aryl methyl sites for hydroxylation is 3. The van der Waals surface area contributed by atoms with Crippen LogP contribution in [-0.2, 0) is 4.79 Å². The molecule has 1 N–H and O–H groups in total. The molecule has 2 heterocycles. The summed E-state index contributed by atoms with van der Waals surface area (Å²) in [4.78, 5) is 14.7. The third-order valence-electron chi connectivity index (χ3n) is 5.20. The largest absolute Gasteiger partial charge is 0.425 e. The van der Waals surface area contributed by atoms with Gasteiger partial charge in [0.2, 0.25) is 17.7 Å². The number of rotatable bonds is 5. The first kappa shape index (κ1) is 19.5. The molecular weight excluding hydrogens is 340 g/mol. The second-order valence-corrected chi connectivity index (χ2v) is 8.01. The number of nitrogens with one attached hydrogen (secondary N) is 1. The Morgan fingerprint density at radius 3 is 2.37 bits per heavy atom. The molecular formula is C21H30N4O2. The second-order valence-electron chi connectivity index (χ2n) is 8.01. The highest BCUT2D eigenvalue weighted by atomic mass is 16.4. The molecule has 2 aromatic rings. The van der Waals surface area contributed by atoms with Crippen molar-refractivity contribution in [2.24, 2.45) is 0 Å². The molecule has 6 heteroatoms. The molecule has 146 valence electrons. The van der Waals surface area contributed by atoms with Gasteiger partial charge in [-0.2, -0.15) is 0 Å². The zero-order valence-electron chi connectivity index (χ0n) is 17.0. The number of carbonyl (C=O) groups is 1. The molecule has 6 nitrogen and oxygen atoms in total. The van der Waals surface area contributed by atoms with Crippen molar-refractivity contribution in [1.82, 2.24) is 15.1 Å². The highest BCUT2D eigenvalue weighted by molar-refractivity contribution is 5.93. The fraction of sp³-hybridized carbons (Fsp3) is 0.571. The van der Waals surface area contributed by atoms with Crippen molar-refractivity contribution in [3.8, 4) is 0 Å². The number of aromatic nitrogens is 2. The van der Waals surface area contributed by atoms with Gasteiger partial charge in [0, 0.05) is 17.5 Å². The van der Waals surface area contributed by atoms with Crippen LogP contribution < -0.4 is 5.32 Å². The lowest BCUT2D eigenvalue weighted by Crippen LogP contribution is -2.39. The summed E-state index contributed by atoms with van der Waals surface area (Å²) in [6, 6.07) is 4.20. The van der Waals surface area contributed by atoms with E-state index in [9.17, 15) is 4.79 Å². The number of piperidine rings is 1. The number of benzene rings is 1. The predicted molar refractivity (Wildman–Crippen MR) is 106 cm³/mol. The lowest BCUT2D eigenvalue weighted by atomic mass is 9.97. The van der Waals surface area contributed by atoms with E-state index in [1.54, 1.807) is 0 Å². The van der Waals surface area contributed by atoms with Crippen molar-refractivity contribution in [1.29, 1.82) is 0 Å². The molecule has 0 unspecified atom stereocenters. The van der Waals surface area contributed by atoms with E-state index < -0.39 is 0 Å². The molecule has 1 saturated heterocycles. The van der Waals surface area contributed by atoms with Crippen LogP contribution in [0.1, 0.15) is 67.0 Å². The summed E-state index contributed by atoms with van der Waals surface area (Å²) in [5.41, 5.74) is 4.37.